The molecule has 0 saturated carbocycles. The molecule has 0 aliphatic carbocycles. The van der Waals surface area contributed by atoms with E-state index in [1.807, 2.05) is 0 Å². The molecule has 0 bridgehead atoms. The first-order chi connectivity index (χ1) is 10.0. The highest BCUT2D eigenvalue weighted by atomic mass is 35.5. The fourth-order valence-corrected chi connectivity index (χ4v) is 4.02. The highest BCUT2D eigenvalue weighted by Crippen LogP contribution is 2.26. The summed E-state index contributed by atoms with van der Waals surface area (Å²) in [7, 11) is -2.12. The van der Waals surface area contributed by atoms with Crippen molar-refractivity contribution in [2.75, 3.05) is 26.7 Å². The molecule has 0 radical (unpaired) electrons. The van der Waals surface area contributed by atoms with Gasteiger partial charge in [-0.1, -0.05) is 11.6 Å². The van der Waals surface area contributed by atoms with Crippen LogP contribution in [0.5, 0.6) is 5.75 Å². The quantitative estimate of drug-likeness (QED) is 0.808. The largest absolute Gasteiger partial charge is 0.497 e. The summed E-state index contributed by atoms with van der Waals surface area (Å²) in [5.74, 6) is 0.999. The standard InChI is InChI=1S/C14H21ClN2O3S.ClH/c1-20-12-4-5-13(15)14(9-12)21(18,19)17-8-6-11-3-2-7-16-10-11;/h4-5,9,11,16-17H,2-3,6-8,10H2,1H3;1H. The van der Waals surface area contributed by atoms with Crippen molar-refractivity contribution in [3.05, 3.63) is 23.2 Å². The smallest absolute Gasteiger partial charge is 0.242 e. The molecule has 1 fully saturated rings. The second-order valence-corrected chi connectivity index (χ2v) is 7.34. The van der Waals surface area contributed by atoms with Gasteiger partial charge < -0.3 is 10.1 Å². The van der Waals surface area contributed by atoms with Crippen LogP contribution in [0.1, 0.15) is 19.3 Å². The topological polar surface area (TPSA) is 67.4 Å². The summed E-state index contributed by atoms with van der Waals surface area (Å²) in [6, 6.07) is 4.60. The van der Waals surface area contributed by atoms with Crippen LogP contribution < -0.4 is 14.8 Å². The summed E-state index contributed by atoms with van der Waals surface area (Å²) in [4.78, 5) is 0.0604. The van der Waals surface area contributed by atoms with Crippen molar-refractivity contribution in [3.8, 4) is 5.75 Å². The van der Waals surface area contributed by atoms with Crippen LogP contribution in [-0.2, 0) is 10.0 Å². The summed E-state index contributed by atoms with van der Waals surface area (Å²) in [6.07, 6.45) is 3.13. The average Bonchev–Trinajstić information content (AvgIpc) is 2.48. The predicted molar refractivity (Wildman–Crippen MR) is 90.7 cm³/mol. The Morgan fingerprint density at radius 3 is 2.86 bits per heavy atom. The fourth-order valence-electron chi connectivity index (χ4n) is 2.46. The van der Waals surface area contributed by atoms with Crippen molar-refractivity contribution in [1.82, 2.24) is 10.0 Å². The molecule has 1 unspecified atom stereocenters. The molecule has 1 aromatic rings. The summed E-state index contributed by atoms with van der Waals surface area (Å²) in [5, 5.41) is 3.52. The number of benzene rings is 1. The summed E-state index contributed by atoms with van der Waals surface area (Å²) < 4.78 is 32.3. The molecule has 1 aliphatic heterocycles. The lowest BCUT2D eigenvalue weighted by Crippen LogP contribution is -2.33. The summed E-state index contributed by atoms with van der Waals surface area (Å²) in [5.41, 5.74) is 0. The van der Waals surface area contributed by atoms with Gasteiger partial charge in [0.25, 0.3) is 0 Å². The zero-order valence-corrected chi connectivity index (χ0v) is 14.9. The molecule has 1 heterocycles. The maximum atomic E-state index is 12.3. The number of methoxy groups -OCH3 is 1. The minimum atomic E-state index is -3.61. The molecule has 22 heavy (non-hydrogen) atoms. The van der Waals surface area contributed by atoms with E-state index in [1.165, 1.54) is 19.2 Å². The third kappa shape index (κ3) is 5.28. The van der Waals surface area contributed by atoms with E-state index in [-0.39, 0.29) is 22.3 Å². The molecule has 126 valence electrons. The highest BCUT2D eigenvalue weighted by Gasteiger charge is 2.20. The number of hydrogen-bond acceptors (Lipinski definition) is 4. The monoisotopic (exact) mass is 368 g/mol. The second-order valence-electron chi connectivity index (χ2n) is 5.20. The van der Waals surface area contributed by atoms with Gasteiger partial charge in [0.1, 0.15) is 10.6 Å². The summed E-state index contributed by atoms with van der Waals surface area (Å²) >= 11 is 5.98. The molecular weight excluding hydrogens is 347 g/mol. The molecule has 1 aliphatic rings. The van der Waals surface area contributed by atoms with Crippen molar-refractivity contribution in [1.29, 1.82) is 0 Å². The third-order valence-corrected chi connectivity index (χ3v) is 5.61. The van der Waals surface area contributed by atoms with Crippen molar-refractivity contribution in [2.24, 2.45) is 5.92 Å². The number of hydrogen-bond donors (Lipinski definition) is 2. The number of sulfonamides is 1. The van der Waals surface area contributed by atoms with E-state index in [0.29, 0.717) is 18.2 Å². The van der Waals surface area contributed by atoms with Crippen molar-refractivity contribution in [3.63, 3.8) is 0 Å². The van der Waals surface area contributed by atoms with Crippen LogP contribution in [-0.4, -0.2) is 35.2 Å². The first-order valence-electron chi connectivity index (χ1n) is 7.07. The van der Waals surface area contributed by atoms with Gasteiger partial charge in [-0.05, 0) is 50.4 Å². The van der Waals surface area contributed by atoms with Crippen LogP contribution in [0.15, 0.2) is 23.1 Å². The van der Waals surface area contributed by atoms with E-state index in [1.54, 1.807) is 6.07 Å². The van der Waals surface area contributed by atoms with E-state index in [9.17, 15) is 8.42 Å². The van der Waals surface area contributed by atoms with Crippen LogP contribution in [0.3, 0.4) is 0 Å². The van der Waals surface area contributed by atoms with Gasteiger partial charge in [0.15, 0.2) is 0 Å². The first kappa shape index (κ1) is 19.5. The molecule has 0 aromatic heterocycles. The van der Waals surface area contributed by atoms with Gasteiger partial charge in [-0.15, -0.1) is 12.4 Å². The minimum Gasteiger partial charge on any atom is -0.497 e. The average molecular weight is 369 g/mol. The van der Waals surface area contributed by atoms with Crippen LogP contribution in [0.25, 0.3) is 0 Å². The normalized spacial score (nSPS) is 18.5. The Morgan fingerprint density at radius 1 is 1.45 bits per heavy atom. The maximum absolute atomic E-state index is 12.3. The molecule has 2 N–H and O–H groups in total. The van der Waals surface area contributed by atoms with Crippen LogP contribution in [0, 0.1) is 5.92 Å². The van der Waals surface area contributed by atoms with E-state index in [4.69, 9.17) is 16.3 Å². The number of halogens is 2. The summed E-state index contributed by atoms with van der Waals surface area (Å²) in [6.45, 7) is 2.44. The van der Waals surface area contributed by atoms with Gasteiger partial charge in [-0.3, -0.25) is 0 Å². The van der Waals surface area contributed by atoms with Gasteiger partial charge in [0.05, 0.1) is 12.1 Å². The van der Waals surface area contributed by atoms with Gasteiger partial charge in [-0.25, -0.2) is 13.1 Å². The van der Waals surface area contributed by atoms with Gasteiger partial charge in [0.2, 0.25) is 10.0 Å². The molecule has 1 atom stereocenters. The Hall–Kier alpha value is -0.530. The maximum Gasteiger partial charge on any atom is 0.242 e. The molecule has 5 nitrogen and oxygen atoms in total. The Labute approximate surface area is 143 Å². The van der Waals surface area contributed by atoms with E-state index in [2.05, 4.69) is 10.0 Å². The molecule has 0 spiro atoms. The molecule has 1 saturated heterocycles. The lowest BCUT2D eigenvalue weighted by Gasteiger charge is -2.22. The Kier molecular flexibility index (Phi) is 7.93. The fraction of sp³-hybridized carbons (Fsp3) is 0.571. The zero-order chi connectivity index (χ0) is 15.3. The number of rotatable bonds is 6. The van der Waals surface area contributed by atoms with Crippen molar-refractivity contribution in [2.45, 2.75) is 24.2 Å². The van der Waals surface area contributed by atoms with Gasteiger partial charge in [0, 0.05) is 12.6 Å². The second kappa shape index (κ2) is 8.93. The molecule has 8 heteroatoms. The predicted octanol–water partition coefficient (Wildman–Crippen LogP) is 2.44. The Bertz CT molecular complexity index is 575. The minimum absolute atomic E-state index is 0. The van der Waals surface area contributed by atoms with Crippen LogP contribution in [0.4, 0.5) is 0 Å². The highest BCUT2D eigenvalue weighted by molar-refractivity contribution is 7.89. The molecular formula is C14H22Cl2N2O3S. The molecule has 1 aromatic carbocycles. The first-order valence-corrected chi connectivity index (χ1v) is 8.93. The SMILES string of the molecule is COc1ccc(Cl)c(S(=O)(=O)NCCC2CCCNC2)c1.Cl. The Morgan fingerprint density at radius 2 is 2.23 bits per heavy atom. The molecule has 2 rings (SSSR count). The lowest BCUT2D eigenvalue weighted by atomic mass is 9.96. The van der Waals surface area contributed by atoms with E-state index in [0.717, 1.165) is 32.4 Å². The van der Waals surface area contributed by atoms with Crippen LogP contribution in [0.2, 0.25) is 5.02 Å². The zero-order valence-electron chi connectivity index (χ0n) is 12.5. The number of piperidine rings is 1. The number of nitrogens with one attached hydrogen (secondary N) is 2. The van der Waals surface area contributed by atoms with Crippen molar-refractivity contribution < 1.29 is 13.2 Å². The lowest BCUT2D eigenvalue weighted by molar-refractivity contribution is 0.358. The van der Waals surface area contributed by atoms with Crippen molar-refractivity contribution >= 4 is 34.0 Å². The molecule has 0 amide bonds. The Balaban J connectivity index is 0.00000242. The van der Waals surface area contributed by atoms with Crippen LogP contribution >= 0.6 is 24.0 Å². The van der Waals surface area contributed by atoms with Gasteiger partial charge in [-0.2, -0.15) is 0 Å². The third-order valence-electron chi connectivity index (χ3n) is 3.67. The van der Waals surface area contributed by atoms with Gasteiger partial charge >= 0.3 is 0 Å². The van der Waals surface area contributed by atoms with E-state index < -0.39 is 10.0 Å². The van der Waals surface area contributed by atoms with E-state index >= 15 is 0 Å². The number of ether oxygens (including phenoxy) is 1.